The number of nitrogens with zero attached hydrogens (tertiary/aromatic N) is 1. The van der Waals surface area contributed by atoms with Crippen molar-refractivity contribution in [2.75, 3.05) is 52.9 Å². The molecule has 0 aromatic heterocycles. The molecular formula is C16H23NO7. The highest BCUT2D eigenvalue weighted by Gasteiger charge is 2.04. The Hall–Kier alpha value is -2.16. The molecule has 0 N–H and O–H groups in total. The fourth-order valence-corrected chi connectivity index (χ4v) is 1.61. The zero-order valence-electron chi connectivity index (χ0n) is 13.6. The number of rotatable bonds is 15. The normalized spacial score (nSPS) is 10.3. The van der Waals surface area contributed by atoms with Gasteiger partial charge in [0.1, 0.15) is 19.0 Å². The van der Waals surface area contributed by atoms with Crippen LogP contribution in [0.15, 0.2) is 37.1 Å². The van der Waals surface area contributed by atoms with Crippen molar-refractivity contribution in [2.24, 2.45) is 0 Å². The van der Waals surface area contributed by atoms with Crippen LogP contribution in [0.4, 0.5) is 5.69 Å². The summed E-state index contributed by atoms with van der Waals surface area (Å²) in [6.45, 7) is 7.14. The van der Waals surface area contributed by atoms with Crippen LogP contribution < -0.4 is 4.74 Å². The van der Waals surface area contributed by atoms with Gasteiger partial charge >= 0.3 is 0 Å². The summed E-state index contributed by atoms with van der Waals surface area (Å²) >= 11 is 0. The topological polar surface area (TPSA) is 89.3 Å². The minimum Gasteiger partial charge on any atom is -0.499 e. The van der Waals surface area contributed by atoms with E-state index >= 15 is 0 Å². The second-order valence-corrected chi connectivity index (χ2v) is 4.47. The second kappa shape index (κ2) is 13.3. The minimum absolute atomic E-state index is 0.0351. The molecule has 0 heterocycles. The third-order valence-corrected chi connectivity index (χ3v) is 2.75. The van der Waals surface area contributed by atoms with E-state index in [4.69, 9.17) is 23.7 Å². The smallest absolute Gasteiger partial charge is 0.269 e. The summed E-state index contributed by atoms with van der Waals surface area (Å²) in [6.07, 6.45) is 1.38. The Morgan fingerprint density at radius 1 is 0.875 bits per heavy atom. The van der Waals surface area contributed by atoms with Crippen molar-refractivity contribution in [2.45, 2.75) is 0 Å². The maximum Gasteiger partial charge on any atom is 0.269 e. The van der Waals surface area contributed by atoms with Crippen molar-refractivity contribution >= 4 is 5.69 Å². The highest BCUT2D eigenvalue weighted by molar-refractivity contribution is 5.35. The summed E-state index contributed by atoms with van der Waals surface area (Å²) in [5, 5.41) is 10.5. The van der Waals surface area contributed by atoms with Gasteiger partial charge in [-0.1, -0.05) is 6.58 Å². The van der Waals surface area contributed by atoms with E-state index in [2.05, 4.69) is 6.58 Å². The SMILES string of the molecule is C=COCCOCCOCCOCCOc1ccc([N+](=O)[O-])cc1. The van der Waals surface area contributed by atoms with E-state index in [9.17, 15) is 10.1 Å². The molecule has 0 saturated heterocycles. The molecule has 0 amide bonds. The average Bonchev–Trinajstić information content (AvgIpc) is 2.59. The van der Waals surface area contributed by atoms with Crippen LogP contribution in [0.2, 0.25) is 0 Å². The molecule has 0 atom stereocenters. The van der Waals surface area contributed by atoms with E-state index < -0.39 is 4.92 Å². The fraction of sp³-hybridized carbons (Fsp3) is 0.500. The second-order valence-electron chi connectivity index (χ2n) is 4.47. The van der Waals surface area contributed by atoms with Crippen molar-refractivity contribution in [1.29, 1.82) is 0 Å². The lowest BCUT2D eigenvalue weighted by Crippen LogP contribution is -2.13. The molecular weight excluding hydrogens is 318 g/mol. The Morgan fingerprint density at radius 3 is 1.88 bits per heavy atom. The van der Waals surface area contributed by atoms with E-state index in [1.54, 1.807) is 12.1 Å². The molecule has 1 aromatic rings. The molecule has 8 heteroatoms. The predicted molar refractivity (Wildman–Crippen MR) is 87.2 cm³/mol. The lowest BCUT2D eigenvalue weighted by atomic mass is 10.3. The summed E-state index contributed by atoms with van der Waals surface area (Å²) in [7, 11) is 0. The maximum absolute atomic E-state index is 10.5. The van der Waals surface area contributed by atoms with Crippen LogP contribution in [0.3, 0.4) is 0 Å². The van der Waals surface area contributed by atoms with Crippen molar-refractivity contribution in [3.63, 3.8) is 0 Å². The van der Waals surface area contributed by atoms with E-state index in [1.807, 2.05) is 0 Å². The zero-order chi connectivity index (χ0) is 17.5. The first-order valence-corrected chi connectivity index (χ1v) is 7.57. The Labute approximate surface area is 141 Å². The van der Waals surface area contributed by atoms with Gasteiger partial charge in [0, 0.05) is 12.1 Å². The third-order valence-electron chi connectivity index (χ3n) is 2.75. The van der Waals surface area contributed by atoms with Gasteiger partial charge in [-0.2, -0.15) is 0 Å². The first-order chi connectivity index (χ1) is 11.7. The molecule has 0 unspecified atom stereocenters. The Balaban J connectivity index is 1.88. The van der Waals surface area contributed by atoms with E-state index in [-0.39, 0.29) is 5.69 Å². The molecule has 0 radical (unpaired) electrons. The third kappa shape index (κ3) is 9.78. The number of hydrogen-bond acceptors (Lipinski definition) is 7. The van der Waals surface area contributed by atoms with Gasteiger partial charge in [0.2, 0.25) is 0 Å². The Morgan fingerprint density at radius 2 is 1.38 bits per heavy atom. The van der Waals surface area contributed by atoms with Crippen LogP contribution >= 0.6 is 0 Å². The van der Waals surface area contributed by atoms with Crippen LogP contribution in [0.5, 0.6) is 5.75 Å². The van der Waals surface area contributed by atoms with Gasteiger partial charge in [0.05, 0.1) is 50.8 Å². The highest BCUT2D eigenvalue weighted by atomic mass is 16.6. The molecule has 0 aliphatic heterocycles. The number of ether oxygens (including phenoxy) is 5. The van der Waals surface area contributed by atoms with Crippen molar-refractivity contribution in [3.8, 4) is 5.75 Å². The van der Waals surface area contributed by atoms with E-state index in [0.717, 1.165) is 0 Å². The molecule has 1 rings (SSSR count). The zero-order valence-corrected chi connectivity index (χ0v) is 13.6. The molecule has 0 aliphatic carbocycles. The monoisotopic (exact) mass is 341 g/mol. The molecule has 8 nitrogen and oxygen atoms in total. The summed E-state index contributed by atoms with van der Waals surface area (Å²) in [4.78, 5) is 10.1. The van der Waals surface area contributed by atoms with Crippen LogP contribution in [-0.2, 0) is 18.9 Å². The molecule has 0 bridgehead atoms. The minimum atomic E-state index is -0.451. The molecule has 134 valence electrons. The van der Waals surface area contributed by atoms with Gasteiger partial charge in [-0.25, -0.2) is 0 Å². The van der Waals surface area contributed by atoms with Gasteiger partial charge in [0.25, 0.3) is 5.69 Å². The first kappa shape index (κ1) is 19.9. The largest absolute Gasteiger partial charge is 0.499 e. The van der Waals surface area contributed by atoms with Gasteiger partial charge < -0.3 is 23.7 Å². The molecule has 0 aliphatic rings. The summed E-state index contributed by atoms with van der Waals surface area (Å²) in [6, 6.07) is 5.91. The van der Waals surface area contributed by atoms with Gasteiger partial charge in [-0.15, -0.1) is 0 Å². The van der Waals surface area contributed by atoms with Gasteiger partial charge in [-0.05, 0) is 12.1 Å². The molecule has 0 saturated carbocycles. The number of non-ortho nitro benzene ring substituents is 1. The lowest BCUT2D eigenvalue weighted by molar-refractivity contribution is -0.384. The highest BCUT2D eigenvalue weighted by Crippen LogP contribution is 2.16. The standard InChI is InChI=1S/C16H23NO7/c1-2-20-7-8-21-9-10-22-11-12-23-13-14-24-16-5-3-15(4-6-16)17(18)19/h2-6H,1,7-14H2. The maximum atomic E-state index is 10.5. The summed E-state index contributed by atoms with van der Waals surface area (Å²) in [5.74, 6) is 0.568. The number of hydrogen-bond donors (Lipinski definition) is 0. The number of nitro groups is 1. The molecule has 1 aromatic carbocycles. The number of benzene rings is 1. The molecule has 0 spiro atoms. The molecule has 24 heavy (non-hydrogen) atoms. The van der Waals surface area contributed by atoms with Crippen LogP contribution in [0.1, 0.15) is 0 Å². The Kier molecular flexibility index (Phi) is 11.0. The summed E-state index contributed by atoms with van der Waals surface area (Å²) in [5.41, 5.74) is 0.0351. The van der Waals surface area contributed by atoms with Crippen molar-refractivity contribution in [1.82, 2.24) is 0 Å². The average molecular weight is 341 g/mol. The lowest BCUT2D eigenvalue weighted by Gasteiger charge is -2.08. The predicted octanol–water partition coefficient (Wildman–Crippen LogP) is 2.18. The molecule has 0 fully saturated rings. The first-order valence-electron chi connectivity index (χ1n) is 7.57. The van der Waals surface area contributed by atoms with Crippen LogP contribution in [0.25, 0.3) is 0 Å². The summed E-state index contributed by atoms with van der Waals surface area (Å²) < 4.78 is 26.2. The van der Waals surface area contributed by atoms with Gasteiger partial charge in [0.15, 0.2) is 0 Å². The van der Waals surface area contributed by atoms with Crippen molar-refractivity contribution < 1.29 is 28.6 Å². The Bertz CT molecular complexity index is 464. The van der Waals surface area contributed by atoms with Crippen LogP contribution in [-0.4, -0.2) is 57.8 Å². The van der Waals surface area contributed by atoms with Gasteiger partial charge in [-0.3, -0.25) is 10.1 Å². The fourth-order valence-electron chi connectivity index (χ4n) is 1.61. The van der Waals surface area contributed by atoms with Crippen molar-refractivity contribution in [3.05, 3.63) is 47.2 Å². The van der Waals surface area contributed by atoms with E-state index in [0.29, 0.717) is 58.6 Å². The van der Waals surface area contributed by atoms with E-state index in [1.165, 1.54) is 18.4 Å². The van der Waals surface area contributed by atoms with Crippen LogP contribution in [0, 0.1) is 10.1 Å². The number of nitro benzene ring substituents is 1. The quantitative estimate of drug-likeness (QED) is 0.209.